The van der Waals surface area contributed by atoms with E-state index in [4.69, 9.17) is 10.8 Å². The molecule has 0 spiro atoms. The quantitative estimate of drug-likeness (QED) is 0.597. The van der Waals surface area contributed by atoms with E-state index in [2.05, 4.69) is 15.0 Å². The molecule has 0 radical (unpaired) electrons. The molecule has 6 nitrogen and oxygen atoms in total. The van der Waals surface area contributed by atoms with Gasteiger partial charge in [-0.05, 0) is 31.0 Å². The first-order valence-corrected chi connectivity index (χ1v) is 8.95. The molecule has 1 aromatic carbocycles. The minimum Gasteiger partial charge on any atom is -0.382 e. The second-order valence-corrected chi connectivity index (χ2v) is 7.46. The number of hydrogen-bond donors (Lipinski definition) is 3. The third-order valence-corrected chi connectivity index (χ3v) is 5.25. The highest BCUT2D eigenvalue weighted by Crippen LogP contribution is 2.37. The Morgan fingerprint density at radius 3 is 2.43 bits per heavy atom. The lowest BCUT2D eigenvalue weighted by Crippen LogP contribution is -2.43. The van der Waals surface area contributed by atoms with Crippen molar-refractivity contribution in [1.29, 1.82) is 0 Å². The molecule has 0 aliphatic heterocycles. The third-order valence-electron chi connectivity index (χ3n) is 4.33. The molecule has 0 aliphatic carbocycles. The van der Waals surface area contributed by atoms with Gasteiger partial charge in [-0.15, -0.1) is 11.3 Å². The molecule has 2 atom stereocenters. The van der Waals surface area contributed by atoms with Gasteiger partial charge in [0.2, 0.25) is 12.0 Å². The van der Waals surface area contributed by atoms with Crippen LogP contribution in [0, 0.1) is 13.8 Å². The average Bonchev–Trinajstić information content (AvgIpc) is 3.07. The summed E-state index contributed by atoms with van der Waals surface area (Å²) in [5.41, 5.74) is 3.70. The van der Waals surface area contributed by atoms with E-state index < -0.39 is 23.9 Å². The largest absolute Gasteiger partial charge is 0.382 e. The van der Waals surface area contributed by atoms with E-state index in [1.54, 1.807) is 13.1 Å². The zero-order chi connectivity index (χ0) is 20.6. The molecule has 0 saturated carbocycles. The topological polar surface area (TPSA) is 105 Å². The molecule has 2 aromatic heterocycles. The van der Waals surface area contributed by atoms with Crippen molar-refractivity contribution in [1.82, 2.24) is 15.0 Å². The van der Waals surface area contributed by atoms with Crippen LogP contribution < -0.4 is 5.73 Å². The molecular formula is C18H17F3N4O2S. The highest BCUT2D eigenvalue weighted by Gasteiger charge is 2.47. The van der Waals surface area contributed by atoms with Crippen LogP contribution in [0.2, 0.25) is 0 Å². The van der Waals surface area contributed by atoms with Gasteiger partial charge in [0.1, 0.15) is 5.69 Å². The van der Waals surface area contributed by atoms with Crippen molar-refractivity contribution in [2.45, 2.75) is 32.2 Å². The van der Waals surface area contributed by atoms with E-state index in [-0.39, 0.29) is 5.82 Å². The maximum Gasteiger partial charge on any atom is 0.276 e. The predicted octanol–water partition coefficient (Wildman–Crippen LogP) is 3.21. The molecule has 28 heavy (non-hydrogen) atoms. The molecule has 0 saturated heterocycles. The van der Waals surface area contributed by atoms with Crippen molar-refractivity contribution in [3.8, 4) is 21.8 Å². The number of aliphatic hydroxyl groups is 2. The van der Waals surface area contributed by atoms with Gasteiger partial charge in [-0.3, -0.25) is 0 Å². The Labute approximate surface area is 162 Å². The molecule has 0 amide bonds. The van der Waals surface area contributed by atoms with Gasteiger partial charge >= 0.3 is 0 Å². The van der Waals surface area contributed by atoms with E-state index in [1.807, 2.05) is 6.92 Å². The van der Waals surface area contributed by atoms with Crippen molar-refractivity contribution >= 4 is 17.2 Å². The van der Waals surface area contributed by atoms with E-state index in [0.29, 0.717) is 27.4 Å². The SMILES string of the molecule is Cc1ncc(-c2nc(-c3cc(C(O)(C(O)F)C(F)F)ccc3C)cnc2N)s1. The number of thiazole rings is 1. The molecule has 148 valence electrons. The fourth-order valence-electron chi connectivity index (χ4n) is 2.69. The number of halogens is 3. The van der Waals surface area contributed by atoms with Gasteiger partial charge in [0.05, 0.1) is 21.8 Å². The second kappa shape index (κ2) is 7.46. The van der Waals surface area contributed by atoms with Crippen LogP contribution in [0.15, 0.2) is 30.6 Å². The maximum absolute atomic E-state index is 13.4. The molecule has 0 bridgehead atoms. The van der Waals surface area contributed by atoms with Gasteiger partial charge in [0.25, 0.3) is 6.43 Å². The summed E-state index contributed by atoms with van der Waals surface area (Å²) in [5, 5.41) is 20.0. The summed E-state index contributed by atoms with van der Waals surface area (Å²) in [6.45, 7) is 3.52. The Balaban J connectivity index is 2.15. The van der Waals surface area contributed by atoms with E-state index in [9.17, 15) is 18.3 Å². The van der Waals surface area contributed by atoms with Crippen LogP contribution >= 0.6 is 11.3 Å². The molecule has 3 rings (SSSR count). The number of anilines is 1. The van der Waals surface area contributed by atoms with Crippen molar-refractivity contribution in [2.24, 2.45) is 0 Å². The summed E-state index contributed by atoms with van der Waals surface area (Å²) in [7, 11) is 0. The van der Waals surface area contributed by atoms with E-state index >= 15 is 0 Å². The highest BCUT2D eigenvalue weighted by molar-refractivity contribution is 7.15. The first kappa shape index (κ1) is 20.2. The van der Waals surface area contributed by atoms with Crippen molar-refractivity contribution in [2.75, 3.05) is 5.73 Å². The standard InChI is InChI=1S/C18H17F3N4O2S/c1-8-3-4-10(18(27,16(19)20)17(21)26)5-11(8)12-6-24-15(22)14(25-12)13-7-23-9(2)28-13/h3-7,16-17,26-27H,1-2H3,(H2,22,24). The molecule has 2 heterocycles. The normalized spacial score (nSPS) is 14.9. The first-order valence-electron chi connectivity index (χ1n) is 8.14. The number of aliphatic hydroxyl groups excluding tert-OH is 1. The summed E-state index contributed by atoms with van der Waals surface area (Å²) in [5.74, 6) is 0.171. The van der Waals surface area contributed by atoms with Gasteiger partial charge in [0, 0.05) is 11.8 Å². The van der Waals surface area contributed by atoms with Crippen molar-refractivity contribution in [3.05, 3.63) is 46.7 Å². The number of aromatic nitrogens is 3. The summed E-state index contributed by atoms with van der Waals surface area (Å²) < 4.78 is 40.0. The lowest BCUT2D eigenvalue weighted by atomic mass is 9.90. The van der Waals surface area contributed by atoms with E-state index in [1.165, 1.54) is 23.6 Å². The van der Waals surface area contributed by atoms with Crippen LogP contribution in [-0.2, 0) is 5.60 Å². The van der Waals surface area contributed by atoms with Gasteiger partial charge in [-0.25, -0.2) is 28.1 Å². The Bertz CT molecular complexity index is 1000. The van der Waals surface area contributed by atoms with Crippen LogP contribution in [0.25, 0.3) is 21.8 Å². The van der Waals surface area contributed by atoms with Gasteiger partial charge in [0.15, 0.2) is 5.82 Å². The zero-order valence-electron chi connectivity index (χ0n) is 14.9. The lowest BCUT2D eigenvalue weighted by molar-refractivity contribution is -0.211. The van der Waals surface area contributed by atoms with Crippen molar-refractivity contribution < 1.29 is 23.4 Å². The maximum atomic E-state index is 13.4. The molecule has 4 N–H and O–H groups in total. The minimum absolute atomic E-state index is 0.171. The summed E-state index contributed by atoms with van der Waals surface area (Å²) in [6, 6.07) is 3.72. The monoisotopic (exact) mass is 410 g/mol. The zero-order valence-corrected chi connectivity index (χ0v) is 15.7. The van der Waals surface area contributed by atoms with E-state index in [0.717, 1.165) is 17.1 Å². The number of benzene rings is 1. The predicted molar refractivity (Wildman–Crippen MR) is 99.5 cm³/mol. The minimum atomic E-state index is -3.55. The summed E-state index contributed by atoms with van der Waals surface area (Å²) >= 11 is 1.36. The number of hydrogen-bond acceptors (Lipinski definition) is 7. The van der Waals surface area contributed by atoms with Gasteiger partial charge in [-0.1, -0.05) is 12.1 Å². The molecule has 2 unspecified atom stereocenters. The number of alkyl halides is 3. The summed E-state index contributed by atoms with van der Waals surface area (Å²) in [6.07, 6.45) is -3.76. The second-order valence-electron chi connectivity index (χ2n) is 6.22. The molecule has 10 heteroatoms. The van der Waals surface area contributed by atoms with Crippen LogP contribution in [0.3, 0.4) is 0 Å². The molecular weight excluding hydrogens is 393 g/mol. The third kappa shape index (κ3) is 3.46. The number of rotatable bonds is 5. The Kier molecular flexibility index (Phi) is 5.37. The van der Waals surface area contributed by atoms with Crippen LogP contribution in [0.4, 0.5) is 19.0 Å². The lowest BCUT2D eigenvalue weighted by Gasteiger charge is -2.28. The molecule has 0 aliphatic rings. The highest BCUT2D eigenvalue weighted by atomic mass is 32.1. The number of nitrogen functional groups attached to an aromatic ring is 1. The molecule has 3 aromatic rings. The first-order chi connectivity index (χ1) is 13.1. The Morgan fingerprint density at radius 2 is 1.86 bits per heavy atom. The Morgan fingerprint density at radius 1 is 1.14 bits per heavy atom. The van der Waals surface area contributed by atoms with Crippen LogP contribution in [0.5, 0.6) is 0 Å². The number of nitrogens with zero attached hydrogens (tertiary/aromatic N) is 3. The Hall–Kier alpha value is -2.56. The number of nitrogens with two attached hydrogens (primary N) is 1. The molecule has 0 fully saturated rings. The van der Waals surface area contributed by atoms with Gasteiger partial charge < -0.3 is 15.9 Å². The van der Waals surface area contributed by atoms with Crippen LogP contribution in [0.1, 0.15) is 16.1 Å². The van der Waals surface area contributed by atoms with Gasteiger partial charge in [-0.2, -0.15) is 0 Å². The number of aryl methyl sites for hydroxylation is 2. The fourth-order valence-corrected chi connectivity index (χ4v) is 3.47. The van der Waals surface area contributed by atoms with Crippen LogP contribution in [-0.4, -0.2) is 37.9 Å². The smallest absolute Gasteiger partial charge is 0.276 e. The summed E-state index contributed by atoms with van der Waals surface area (Å²) in [4.78, 5) is 13.4. The fraction of sp³-hybridized carbons (Fsp3) is 0.278. The average molecular weight is 410 g/mol. The van der Waals surface area contributed by atoms with Crippen molar-refractivity contribution in [3.63, 3.8) is 0 Å².